The van der Waals surface area contributed by atoms with Gasteiger partial charge in [0.25, 0.3) is 0 Å². The van der Waals surface area contributed by atoms with Crippen molar-refractivity contribution in [3.05, 3.63) is 4.91 Å². The van der Waals surface area contributed by atoms with Gasteiger partial charge in [0.2, 0.25) is 11.6 Å². The molecule has 0 saturated heterocycles. The molecule has 0 unspecified atom stereocenters. The van der Waals surface area contributed by atoms with Gasteiger partial charge in [-0.25, -0.2) is 0 Å². The van der Waals surface area contributed by atoms with Crippen molar-refractivity contribution in [3.8, 4) is 0 Å². The molecule has 0 atom stereocenters. The predicted octanol–water partition coefficient (Wildman–Crippen LogP) is -1.48. The van der Waals surface area contributed by atoms with Crippen LogP contribution in [0.2, 0.25) is 0 Å². The zero-order chi connectivity index (χ0) is 9.12. The maximum Gasteiger partial charge on any atom is 0.242 e. The summed E-state index contributed by atoms with van der Waals surface area (Å²) in [6.07, 6.45) is -0.310. The molecule has 6 nitrogen and oxygen atoms in total. The Morgan fingerprint density at radius 1 is 1.18 bits per heavy atom. The molecule has 0 aromatic heterocycles. The van der Waals surface area contributed by atoms with Gasteiger partial charge in [0.05, 0.1) is 0 Å². The minimum absolute atomic E-state index is 0.310. The van der Waals surface area contributed by atoms with E-state index in [9.17, 15) is 4.91 Å². The van der Waals surface area contributed by atoms with Crippen LogP contribution in [-0.2, 0) is 0 Å². The van der Waals surface area contributed by atoms with E-state index in [0.717, 1.165) is 0 Å². The van der Waals surface area contributed by atoms with Crippen LogP contribution in [0.15, 0.2) is 5.18 Å². The van der Waals surface area contributed by atoms with E-state index >= 15 is 0 Å². The lowest BCUT2D eigenvalue weighted by Gasteiger charge is -2.31. The first-order valence-electron chi connectivity index (χ1n) is 3.06. The average molecular weight is 165 g/mol. The van der Waals surface area contributed by atoms with E-state index in [2.05, 4.69) is 5.18 Å². The third-order valence-electron chi connectivity index (χ3n) is 1.42. The van der Waals surface area contributed by atoms with Gasteiger partial charge >= 0.3 is 0 Å². The molecule has 0 rings (SSSR count). The van der Waals surface area contributed by atoms with Crippen LogP contribution >= 0.6 is 0 Å². The quantitative estimate of drug-likeness (QED) is 0.300. The van der Waals surface area contributed by atoms with Crippen LogP contribution < -0.4 is 0 Å². The van der Waals surface area contributed by atoms with E-state index < -0.39 is 18.1 Å². The predicted molar refractivity (Wildman–Crippen MR) is 35.3 cm³/mol. The van der Waals surface area contributed by atoms with Crippen LogP contribution in [0.25, 0.3) is 0 Å². The maximum atomic E-state index is 9.59. The van der Waals surface area contributed by atoms with Crippen molar-refractivity contribution in [3.63, 3.8) is 0 Å². The Morgan fingerprint density at radius 3 is 1.91 bits per heavy atom. The van der Waals surface area contributed by atoms with Gasteiger partial charge in [-0.2, -0.15) is 4.91 Å². The largest absolute Gasteiger partial charge is 0.361 e. The van der Waals surface area contributed by atoms with Crippen LogP contribution in [0.4, 0.5) is 0 Å². The van der Waals surface area contributed by atoms with E-state index in [1.165, 1.54) is 6.92 Å². The minimum atomic E-state index is -2.87. The fourth-order valence-corrected chi connectivity index (χ4v) is 0.500. The molecular weight excluding hydrogens is 154 g/mol. The maximum absolute atomic E-state index is 9.59. The highest BCUT2D eigenvalue weighted by atomic mass is 16.6. The second-order valence-electron chi connectivity index (χ2n) is 2.27. The molecule has 4 N–H and O–H groups in total. The van der Waals surface area contributed by atoms with Gasteiger partial charge in [-0.15, -0.1) is 0 Å². The van der Waals surface area contributed by atoms with Crippen LogP contribution in [0.5, 0.6) is 0 Å². The highest BCUT2D eigenvalue weighted by Crippen LogP contribution is 2.20. The molecule has 0 fully saturated rings. The second kappa shape index (κ2) is 3.22. The van der Waals surface area contributed by atoms with Crippen molar-refractivity contribution < 1.29 is 20.4 Å². The van der Waals surface area contributed by atoms with Crippen molar-refractivity contribution >= 4 is 0 Å². The fourth-order valence-electron chi connectivity index (χ4n) is 0.500. The SMILES string of the molecule is CCC(O)(O)C(O)(O)CN=O. The number of hydrogen-bond donors (Lipinski definition) is 4. The monoisotopic (exact) mass is 165 g/mol. The normalized spacial score (nSPS) is 13.2. The molecule has 0 bridgehead atoms. The lowest BCUT2D eigenvalue weighted by atomic mass is 10.0. The molecule has 0 aromatic rings. The molecule has 0 radical (unpaired) electrons. The summed E-state index contributed by atoms with van der Waals surface area (Å²) in [5.74, 6) is -5.57. The summed E-state index contributed by atoms with van der Waals surface area (Å²) in [7, 11) is 0. The first-order valence-corrected chi connectivity index (χ1v) is 3.06. The summed E-state index contributed by atoms with van der Waals surface area (Å²) in [5.41, 5.74) is 0. The van der Waals surface area contributed by atoms with Crippen molar-refractivity contribution in [1.82, 2.24) is 0 Å². The van der Waals surface area contributed by atoms with Crippen LogP contribution in [0.3, 0.4) is 0 Å². The number of aliphatic hydroxyl groups is 4. The first kappa shape index (κ1) is 10.4. The van der Waals surface area contributed by atoms with Gasteiger partial charge in [-0.05, 0) is 0 Å². The van der Waals surface area contributed by atoms with Gasteiger partial charge in [-0.3, -0.25) is 0 Å². The van der Waals surface area contributed by atoms with Gasteiger partial charge < -0.3 is 20.4 Å². The molecule has 6 heteroatoms. The summed E-state index contributed by atoms with van der Waals surface area (Å²) in [4.78, 5) is 9.59. The van der Waals surface area contributed by atoms with E-state index in [-0.39, 0.29) is 6.42 Å². The lowest BCUT2D eigenvalue weighted by Crippen LogP contribution is -2.56. The molecule has 0 amide bonds. The fraction of sp³-hybridized carbons (Fsp3) is 1.00. The molecule has 0 heterocycles. The second-order valence-corrected chi connectivity index (χ2v) is 2.27. The van der Waals surface area contributed by atoms with E-state index in [1.54, 1.807) is 0 Å². The Balaban J connectivity index is 4.38. The smallest absolute Gasteiger partial charge is 0.242 e. The molecule has 0 aliphatic heterocycles. The van der Waals surface area contributed by atoms with Crippen molar-refractivity contribution in [2.24, 2.45) is 5.18 Å². The van der Waals surface area contributed by atoms with Crippen LogP contribution in [0.1, 0.15) is 13.3 Å². The Morgan fingerprint density at radius 2 is 1.64 bits per heavy atom. The van der Waals surface area contributed by atoms with Crippen molar-refractivity contribution in [1.29, 1.82) is 0 Å². The van der Waals surface area contributed by atoms with Gasteiger partial charge in [0, 0.05) is 6.42 Å². The summed E-state index contributed by atoms with van der Waals surface area (Å²) in [6.45, 7) is 0.347. The molecule has 0 aliphatic rings. The highest BCUT2D eigenvalue weighted by Gasteiger charge is 2.46. The molecule has 0 spiro atoms. The minimum Gasteiger partial charge on any atom is -0.361 e. The molecule has 0 aromatic carbocycles. The molecule has 11 heavy (non-hydrogen) atoms. The highest BCUT2D eigenvalue weighted by molar-refractivity contribution is 4.82. The third-order valence-corrected chi connectivity index (χ3v) is 1.42. The number of rotatable bonds is 4. The Hall–Kier alpha value is -0.560. The van der Waals surface area contributed by atoms with E-state index in [4.69, 9.17) is 20.4 Å². The summed E-state index contributed by atoms with van der Waals surface area (Å²) in [6, 6.07) is 0. The average Bonchev–Trinajstić information content (AvgIpc) is 1.87. The summed E-state index contributed by atoms with van der Waals surface area (Å²) < 4.78 is 0. The van der Waals surface area contributed by atoms with Crippen molar-refractivity contribution in [2.75, 3.05) is 6.54 Å². The van der Waals surface area contributed by atoms with E-state index in [1.807, 2.05) is 0 Å². The van der Waals surface area contributed by atoms with Gasteiger partial charge in [0.15, 0.2) is 0 Å². The molecule has 0 aliphatic carbocycles. The Kier molecular flexibility index (Phi) is 3.06. The zero-order valence-corrected chi connectivity index (χ0v) is 6.06. The number of nitroso groups, excluding NO2 is 1. The number of nitrogens with zero attached hydrogens (tertiary/aromatic N) is 1. The Bertz CT molecular complexity index is 144. The number of hydrogen-bond acceptors (Lipinski definition) is 6. The lowest BCUT2D eigenvalue weighted by molar-refractivity contribution is -0.351. The van der Waals surface area contributed by atoms with Gasteiger partial charge in [0.1, 0.15) is 6.54 Å². The summed E-state index contributed by atoms with van der Waals surface area (Å²) >= 11 is 0. The molecular formula is C5H11NO5. The Labute approximate surface area is 63.1 Å². The van der Waals surface area contributed by atoms with Crippen molar-refractivity contribution in [2.45, 2.75) is 24.9 Å². The zero-order valence-electron chi connectivity index (χ0n) is 6.06. The van der Waals surface area contributed by atoms with E-state index in [0.29, 0.717) is 0 Å². The molecule has 0 saturated carbocycles. The summed E-state index contributed by atoms with van der Waals surface area (Å²) in [5, 5.41) is 37.4. The first-order chi connectivity index (χ1) is 4.87. The van der Waals surface area contributed by atoms with Crippen LogP contribution in [0, 0.1) is 4.91 Å². The van der Waals surface area contributed by atoms with Crippen LogP contribution in [-0.4, -0.2) is 38.5 Å². The topological polar surface area (TPSA) is 110 Å². The third kappa shape index (κ3) is 2.19. The standard InChI is InChI=1S/C5H11NO5/c1-2-4(7,8)5(9,10)3-6-11/h7-10H,2-3H2,1H3. The van der Waals surface area contributed by atoms with Gasteiger partial charge in [-0.1, -0.05) is 12.1 Å². The molecule has 66 valence electrons.